The van der Waals surface area contributed by atoms with Gasteiger partial charge in [-0.05, 0) is 17.7 Å². The molecule has 0 saturated carbocycles. The molecule has 1 heterocycles. The Morgan fingerprint density at radius 3 is 2.17 bits per heavy atom. The summed E-state index contributed by atoms with van der Waals surface area (Å²) in [5, 5.41) is 0. The summed E-state index contributed by atoms with van der Waals surface area (Å²) in [5.74, 6) is 0.713. The number of allylic oxidation sites excluding steroid dienone is 4. The van der Waals surface area contributed by atoms with Gasteiger partial charge in [-0.3, -0.25) is 4.98 Å². The van der Waals surface area contributed by atoms with E-state index >= 15 is 0 Å². The molecule has 0 fully saturated rings. The van der Waals surface area contributed by atoms with Gasteiger partial charge in [0.15, 0.2) is 0 Å². The van der Waals surface area contributed by atoms with Crippen LogP contribution in [0.2, 0.25) is 0 Å². The topological polar surface area (TPSA) is 12.9 Å². The molecule has 2 unspecified atom stereocenters. The molecule has 0 N–H and O–H groups in total. The molecule has 2 aromatic rings. The summed E-state index contributed by atoms with van der Waals surface area (Å²) in [4.78, 5) is 4.49. The van der Waals surface area contributed by atoms with Gasteiger partial charge < -0.3 is 0 Å². The van der Waals surface area contributed by atoms with Gasteiger partial charge in [-0.25, -0.2) is 0 Å². The highest BCUT2D eigenvalue weighted by atomic mass is 14.7. The highest BCUT2D eigenvalue weighted by molar-refractivity contribution is 5.36. The third-order valence-electron chi connectivity index (χ3n) is 3.35. The van der Waals surface area contributed by atoms with Gasteiger partial charge in [-0.1, -0.05) is 60.7 Å². The zero-order valence-electron chi connectivity index (χ0n) is 10.1. The van der Waals surface area contributed by atoms with E-state index in [4.69, 9.17) is 0 Å². The summed E-state index contributed by atoms with van der Waals surface area (Å²) in [6.45, 7) is 0. The lowest BCUT2D eigenvalue weighted by molar-refractivity contribution is 0.708. The number of aromatic nitrogens is 1. The van der Waals surface area contributed by atoms with Crippen molar-refractivity contribution < 1.29 is 0 Å². The van der Waals surface area contributed by atoms with Crippen molar-refractivity contribution in [1.29, 1.82) is 0 Å². The number of rotatable bonds is 2. The Labute approximate surface area is 108 Å². The third kappa shape index (κ3) is 2.12. The first-order chi connectivity index (χ1) is 8.95. The molecule has 1 nitrogen and oxygen atoms in total. The monoisotopic (exact) mass is 233 g/mol. The predicted octanol–water partition coefficient (Wildman–Crippen LogP) is 4.08. The Morgan fingerprint density at radius 1 is 0.722 bits per heavy atom. The molecule has 0 spiro atoms. The summed E-state index contributed by atoms with van der Waals surface area (Å²) in [6, 6.07) is 16.7. The van der Waals surface area contributed by atoms with Gasteiger partial charge >= 0.3 is 0 Å². The SMILES string of the molecule is C1=CC(c2ccccc2)C(c2ccccn2)C=C1. The molecule has 1 aromatic heterocycles. The van der Waals surface area contributed by atoms with Crippen molar-refractivity contribution in [2.45, 2.75) is 11.8 Å². The maximum absolute atomic E-state index is 4.49. The van der Waals surface area contributed by atoms with E-state index in [2.05, 4.69) is 71.8 Å². The Bertz CT molecular complexity index is 501. The van der Waals surface area contributed by atoms with Crippen LogP contribution in [-0.2, 0) is 0 Å². The Hall–Kier alpha value is -2.15. The Balaban J connectivity index is 1.98. The van der Waals surface area contributed by atoms with Gasteiger partial charge in [-0.2, -0.15) is 0 Å². The molecule has 18 heavy (non-hydrogen) atoms. The van der Waals surface area contributed by atoms with Gasteiger partial charge in [0.2, 0.25) is 0 Å². The zero-order valence-corrected chi connectivity index (χ0v) is 10.1. The quantitative estimate of drug-likeness (QED) is 0.761. The van der Waals surface area contributed by atoms with Crippen LogP contribution in [0.3, 0.4) is 0 Å². The molecule has 2 atom stereocenters. The standard InChI is InChI=1S/C17H15N/c1-2-8-14(9-3-1)15-10-4-5-11-16(15)17-12-6-7-13-18-17/h1-13,15-16H. The lowest BCUT2D eigenvalue weighted by atomic mass is 9.81. The highest BCUT2D eigenvalue weighted by Crippen LogP contribution is 2.36. The van der Waals surface area contributed by atoms with Crippen LogP contribution < -0.4 is 0 Å². The van der Waals surface area contributed by atoms with Crippen LogP contribution in [0.25, 0.3) is 0 Å². The number of benzene rings is 1. The molecule has 1 aromatic carbocycles. The fourth-order valence-corrected chi connectivity index (χ4v) is 2.46. The Kier molecular flexibility index (Phi) is 3.05. The van der Waals surface area contributed by atoms with Crippen LogP contribution in [0.15, 0.2) is 79.0 Å². The second-order valence-electron chi connectivity index (χ2n) is 4.49. The molecule has 3 rings (SSSR count). The smallest absolute Gasteiger partial charge is 0.0481 e. The number of hydrogen-bond acceptors (Lipinski definition) is 1. The lowest BCUT2D eigenvalue weighted by Gasteiger charge is -2.24. The molecule has 0 aliphatic heterocycles. The molecule has 0 amide bonds. The van der Waals surface area contributed by atoms with E-state index in [1.54, 1.807) is 0 Å². The molecule has 88 valence electrons. The van der Waals surface area contributed by atoms with Crippen LogP contribution >= 0.6 is 0 Å². The average molecular weight is 233 g/mol. The maximum Gasteiger partial charge on any atom is 0.0481 e. The van der Waals surface area contributed by atoms with Crippen molar-refractivity contribution in [3.8, 4) is 0 Å². The number of pyridine rings is 1. The van der Waals surface area contributed by atoms with Crippen molar-refractivity contribution >= 4 is 0 Å². The molecule has 1 aliphatic rings. The van der Waals surface area contributed by atoms with Crippen molar-refractivity contribution in [3.63, 3.8) is 0 Å². The van der Waals surface area contributed by atoms with Gasteiger partial charge in [0, 0.05) is 23.7 Å². The zero-order chi connectivity index (χ0) is 12.2. The van der Waals surface area contributed by atoms with E-state index in [-0.39, 0.29) is 0 Å². The van der Waals surface area contributed by atoms with E-state index < -0.39 is 0 Å². The van der Waals surface area contributed by atoms with E-state index in [0.717, 1.165) is 5.69 Å². The normalized spacial score (nSPS) is 22.0. The van der Waals surface area contributed by atoms with Crippen LogP contribution in [0.4, 0.5) is 0 Å². The summed E-state index contributed by atoms with van der Waals surface area (Å²) < 4.78 is 0. The van der Waals surface area contributed by atoms with E-state index in [9.17, 15) is 0 Å². The lowest BCUT2D eigenvalue weighted by Crippen LogP contribution is -2.10. The Morgan fingerprint density at radius 2 is 1.44 bits per heavy atom. The molecule has 1 aliphatic carbocycles. The highest BCUT2D eigenvalue weighted by Gasteiger charge is 2.22. The molecule has 0 radical (unpaired) electrons. The summed E-state index contributed by atoms with van der Waals surface area (Å²) in [6.07, 6.45) is 10.6. The minimum atomic E-state index is 0.332. The number of hydrogen-bond donors (Lipinski definition) is 0. The van der Waals surface area contributed by atoms with Crippen LogP contribution in [-0.4, -0.2) is 4.98 Å². The second-order valence-corrected chi connectivity index (χ2v) is 4.49. The first-order valence-electron chi connectivity index (χ1n) is 6.26. The fraction of sp³-hybridized carbons (Fsp3) is 0.118. The summed E-state index contributed by atoms with van der Waals surface area (Å²) >= 11 is 0. The van der Waals surface area contributed by atoms with Crippen LogP contribution in [0, 0.1) is 0 Å². The molecular formula is C17H15N. The first-order valence-corrected chi connectivity index (χ1v) is 6.26. The van der Waals surface area contributed by atoms with Gasteiger partial charge in [0.05, 0.1) is 0 Å². The van der Waals surface area contributed by atoms with E-state index in [1.807, 2.05) is 12.3 Å². The van der Waals surface area contributed by atoms with Crippen LogP contribution in [0.5, 0.6) is 0 Å². The molecule has 1 heteroatoms. The third-order valence-corrected chi connectivity index (χ3v) is 3.35. The number of nitrogens with zero attached hydrogens (tertiary/aromatic N) is 1. The van der Waals surface area contributed by atoms with Gasteiger partial charge in [0.1, 0.15) is 0 Å². The van der Waals surface area contributed by atoms with Crippen molar-refractivity contribution in [2.75, 3.05) is 0 Å². The molecule has 0 saturated heterocycles. The van der Waals surface area contributed by atoms with Crippen LogP contribution in [0.1, 0.15) is 23.1 Å². The van der Waals surface area contributed by atoms with Crippen molar-refractivity contribution in [3.05, 3.63) is 90.3 Å². The molecular weight excluding hydrogens is 218 g/mol. The predicted molar refractivity (Wildman–Crippen MR) is 74.4 cm³/mol. The fourth-order valence-electron chi connectivity index (χ4n) is 2.46. The molecule has 0 bridgehead atoms. The van der Waals surface area contributed by atoms with Crippen molar-refractivity contribution in [1.82, 2.24) is 4.98 Å². The summed E-state index contributed by atoms with van der Waals surface area (Å²) in [7, 11) is 0. The maximum atomic E-state index is 4.49. The van der Waals surface area contributed by atoms with E-state index in [1.165, 1.54) is 5.56 Å². The summed E-state index contributed by atoms with van der Waals surface area (Å²) in [5.41, 5.74) is 2.47. The van der Waals surface area contributed by atoms with E-state index in [0.29, 0.717) is 11.8 Å². The van der Waals surface area contributed by atoms with Gasteiger partial charge in [-0.15, -0.1) is 0 Å². The van der Waals surface area contributed by atoms with Gasteiger partial charge in [0.25, 0.3) is 0 Å². The van der Waals surface area contributed by atoms with Crippen molar-refractivity contribution in [2.24, 2.45) is 0 Å². The minimum absolute atomic E-state index is 0.332. The minimum Gasteiger partial charge on any atom is -0.261 e. The largest absolute Gasteiger partial charge is 0.261 e. The average Bonchev–Trinajstić information content (AvgIpc) is 2.49. The first kappa shape index (κ1) is 11.0. The second kappa shape index (κ2) is 5.01.